The van der Waals surface area contributed by atoms with Crippen molar-refractivity contribution in [2.24, 2.45) is 5.92 Å². The minimum Gasteiger partial charge on any atom is -0.397 e. The fourth-order valence-corrected chi connectivity index (χ4v) is 2.01. The first-order valence-electron chi connectivity index (χ1n) is 4.88. The van der Waals surface area contributed by atoms with Gasteiger partial charge in [-0.1, -0.05) is 23.7 Å². The molecular weight excluding hydrogens is 198 g/mol. The zero-order chi connectivity index (χ0) is 9.97. The number of hydrogen-bond donors (Lipinski definition) is 1. The van der Waals surface area contributed by atoms with Crippen LogP contribution in [-0.4, -0.2) is 13.2 Å². The average Bonchev–Trinajstić information content (AvgIpc) is 2.66. The van der Waals surface area contributed by atoms with Crippen LogP contribution in [0.2, 0.25) is 5.02 Å². The standard InChI is InChI=1S/C11H14ClNO/c12-10-3-1-2-9(11(10)13)6-8-4-5-14-7-8/h1-3,8H,4-7,13H2. The van der Waals surface area contributed by atoms with E-state index in [-0.39, 0.29) is 0 Å². The number of halogens is 1. The second kappa shape index (κ2) is 4.20. The number of anilines is 1. The molecule has 0 aromatic heterocycles. The third-order valence-electron chi connectivity index (χ3n) is 2.68. The van der Waals surface area contributed by atoms with Gasteiger partial charge in [0.25, 0.3) is 0 Å². The van der Waals surface area contributed by atoms with Crippen LogP contribution in [0.5, 0.6) is 0 Å². The summed E-state index contributed by atoms with van der Waals surface area (Å²) in [4.78, 5) is 0. The summed E-state index contributed by atoms with van der Waals surface area (Å²) in [5.41, 5.74) is 7.76. The largest absolute Gasteiger partial charge is 0.397 e. The molecule has 0 radical (unpaired) electrons. The normalized spacial score (nSPS) is 21.4. The molecule has 1 aliphatic heterocycles. The van der Waals surface area contributed by atoms with Crippen LogP contribution in [0.1, 0.15) is 12.0 Å². The first-order valence-corrected chi connectivity index (χ1v) is 5.26. The maximum Gasteiger partial charge on any atom is 0.0638 e. The van der Waals surface area contributed by atoms with Crippen LogP contribution in [0.4, 0.5) is 5.69 Å². The second-order valence-corrected chi connectivity index (χ2v) is 4.15. The van der Waals surface area contributed by atoms with Crippen molar-refractivity contribution >= 4 is 17.3 Å². The van der Waals surface area contributed by atoms with Crippen LogP contribution < -0.4 is 5.73 Å². The van der Waals surface area contributed by atoms with Gasteiger partial charge in [0.1, 0.15) is 0 Å². The van der Waals surface area contributed by atoms with Gasteiger partial charge < -0.3 is 10.5 Å². The van der Waals surface area contributed by atoms with Crippen LogP contribution in [0.3, 0.4) is 0 Å². The molecule has 0 bridgehead atoms. The van der Waals surface area contributed by atoms with Crippen LogP contribution >= 0.6 is 11.6 Å². The monoisotopic (exact) mass is 211 g/mol. The number of nitrogen functional groups attached to an aromatic ring is 1. The van der Waals surface area contributed by atoms with E-state index in [0.717, 1.165) is 37.3 Å². The van der Waals surface area contributed by atoms with E-state index in [1.54, 1.807) is 0 Å². The number of benzene rings is 1. The zero-order valence-electron chi connectivity index (χ0n) is 8.00. The molecular formula is C11H14ClNO. The number of rotatable bonds is 2. The number of para-hydroxylation sites is 1. The molecule has 1 heterocycles. The van der Waals surface area contributed by atoms with E-state index in [9.17, 15) is 0 Å². The van der Waals surface area contributed by atoms with E-state index in [0.29, 0.717) is 10.9 Å². The third-order valence-corrected chi connectivity index (χ3v) is 3.01. The van der Waals surface area contributed by atoms with Gasteiger partial charge in [0.05, 0.1) is 10.7 Å². The molecule has 76 valence electrons. The lowest BCUT2D eigenvalue weighted by Gasteiger charge is -2.10. The molecule has 1 aromatic rings. The lowest BCUT2D eigenvalue weighted by molar-refractivity contribution is 0.186. The summed E-state index contributed by atoms with van der Waals surface area (Å²) in [5, 5.41) is 0.654. The quantitative estimate of drug-likeness (QED) is 0.763. The highest BCUT2D eigenvalue weighted by atomic mass is 35.5. The van der Waals surface area contributed by atoms with Gasteiger partial charge in [0.2, 0.25) is 0 Å². The SMILES string of the molecule is Nc1c(Cl)cccc1CC1CCOC1. The molecule has 1 fully saturated rings. The lowest BCUT2D eigenvalue weighted by atomic mass is 9.98. The van der Waals surface area contributed by atoms with E-state index in [2.05, 4.69) is 0 Å². The van der Waals surface area contributed by atoms with E-state index >= 15 is 0 Å². The summed E-state index contributed by atoms with van der Waals surface area (Å²) < 4.78 is 5.33. The third kappa shape index (κ3) is 2.02. The molecule has 3 heteroatoms. The smallest absolute Gasteiger partial charge is 0.0638 e. The summed E-state index contributed by atoms with van der Waals surface area (Å²) in [5.74, 6) is 0.607. The van der Waals surface area contributed by atoms with Gasteiger partial charge in [-0.15, -0.1) is 0 Å². The van der Waals surface area contributed by atoms with Gasteiger partial charge in [0.15, 0.2) is 0 Å². The maximum atomic E-state index is 5.94. The Bertz CT molecular complexity index is 321. The van der Waals surface area contributed by atoms with Crippen LogP contribution in [0.25, 0.3) is 0 Å². The number of nitrogens with two attached hydrogens (primary N) is 1. The highest BCUT2D eigenvalue weighted by molar-refractivity contribution is 6.33. The molecule has 2 rings (SSSR count). The van der Waals surface area contributed by atoms with Crippen molar-refractivity contribution < 1.29 is 4.74 Å². The number of hydrogen-bond acceptors (Lipinski definition) is 2. The number of ether oxygens (including phenoxy) is 1. The van der Waals surface area contributed by atoms with Gasteiger partial charge in [-0.2, -0.15) is 0 Å². The summed E-state index contributed by atoms with van der Waals surface area (Å²) in [6.45, 7) is 1.73. The predicted octanol–water partition coefficient (Wildman–Crippen LogP) is 2.50. The Morgan fingerprint density at radius 3 is 3.07 bits per heavy atom. The van der Waals surface area contributed by atoms with Crippen LogP contribution in [0, 0.1) is 5.92 Å². The summed E-state index contributed by atoms with van der Waals surface area (Å²) in [6.07, 6.45) is 2.11. The zero-order valence-corrected chi connectivity index (χ0v) is 8.76. The molecule has 1 saturated heterocycles. The molecule has 2 nitrogen and oxygen atoms in total. The Hall–Kier alpha value is -0.730. The summed E-state index contributed by atoms with van der Waals surface area (Å²) in [6, 6.07) is 5.81. The van der Waals surface area contributed by atoms with Crippen LogP contribution in [0.15, 0.2) is 18.2 Å². The average molecular weight is 212 g/mol. The first-order chi connectivity index (χ1) is 6.77. The minimum absolute atomic E-state index is 0.607. The second-order valence-electron chi connectivity index (χ2n) is 3.75. The molecule has 0 amide bonds. The summed E-state index contributed by atoms with van der Waals surface area (Å²) in [7, 11) is 0. The highest BCUT2D eigenvalue weighted by Crippen LogP contribution is 2.26. The van der Waals surface area contributed by atoms with Crippen molar-refractivity contribution in [3.8, 4) is 0 Å². The Labute approximate surface area is 89.0 Å². The Morgan fingerprint density at radius 2 is 2.36 bits per heavy atom. The van der Waals surface area contributed by atoms with Gasteiger partial charge >= 0.3 is 0 Å². The van der Waals surface area contributed by atoms with E-state index < -0.39 is 0 Å². The fourth-order valence-electron chi connectivity index (χ4n) is 1.82. The van der Waals surface area contributed by atoms with Crippen molar-refractivity contribution in [1.29, 1.82) is 0 Å². The summed E-state index contributed by atoms with van der Waals surface area (Å²) >= 11 is 5.94. The fraction of sp³-hybridized carbons (Fsp3) is 0.455. The van der Waals surface area contributed by atoms with Gasteiger partial charge in [-0.05, 0) is 30.4 Å². The molecule has 1 aliphatic rings. The van der Waals surface area contributed by atoms with Crippen molar-refractivity contribution in [2.45, 2.75) is 12.8 Å². The van der Waals surface area contributed by atoms with Crippen molar-refractivity contribution in [1.82, 2.24) is 0 Å². The van der Waals surface area contributed by atoms with Gasteiger partial charge in [-0.3, -0.25) is 0 Å². The van der Waals surface area contributed by atoms with Crippen molar-refractivity contribution in [3.05, 3.63) is 28.8 Å². The van der Waals surface area contributed by atoms with Gasteiger partial charge in [-0.25, -0.2) is 0 Å². The molecule has 1 atom stereocenters. The molecule has 1 aromatic carbocycles. The maximum absolute atomic E-state index is 5.94. The molecule has 14 heavy (non-hydrogen) atoms. The Morgan fingerprint density at radius 1 is 1.50 bits per heavy atom. The van der Waals surface area contributed by atoms with Crippen molar-refractivity contribution in [3.63, 3.8) is 0 Å². The van der Waals surface area contributed by atoms with E-state index in [4.69, 9.17) is 22.1 Å². The predicted molar refractivity (Wildman–Crippen MR) is 58.5 cm³/mol. The molecule has 0 aliphatic carbocycles. The molecule has 0 spiro atoms. The van der Waals surface area contributed by atoms with Crippen molar-refractivity contribution in [2.75, 3.05) is 18.9 Å². The minimum atomic E-state index is 0.607. The topological polar surface area (TPSA) is 35.2 Å². The van der Waals surface area contributed by atoms with Crippen LogP contribution in [-0.2, 0) is 11.2 Å². The lowest BCUT2D eigenvalue weighted by Crippen LogP contribution is -2.06. The van der Waals surface area contributed by atoms with Gasteiger partial charge in [0, 0.05) is 13.2 Å². The molecule has 1 unspecified atom stereocenters. The Kier molecular flexibility index (Phi) is 2.94. The first kappa shape index (κ1) is 9.81. The molecule has 2 N–H and O–H groups in total. The van der Waals surface area contributed by atoms with E-state index in [1.165, 1.54) is 0 Å². The highest BCUT2D eigenvalue weighted by Gasteiger charge is 2.17. The Balaban J connectivity index is 2.11. The van der Waals surface area contributed by atoms with E-state index in [1.807, 2.05) is 18.2 Å². The molecule has 0 saturated carbocycles.